The summed E-state index contributed by atoms with van der Waals surface area (Å²) in [5, 5.41) is 0. The van der Waals surface area contributed by atoms with E-state index in [0.717, 1.165) is 0 Å². The Balaban J connectivity index is 1.71. The number of likely N-dealkylation sites (tertiary alicyclic amines) is 1. The van der Waals surface area contributed by atoms with Crippen LogP contribution in [0.2, 0.25) is 0 Å². The zero-order valence-corrected chi connectivity index (χ0v) is 14.7. The first-order valence-corrected chi connectivity index (χ1v) is 8.66. The molecule has 2 amide bonds. The third-order valence-corrected chi connectivity index (χ3v) is 5.14. The fourth-order valence-electron chi connectivity index (χ4n) is 3.18. The highest BCUT2D eigenvalue weighted by Gasteiger charge is 2.36. The molecule has 2 aromatic rings. The van der Waals surface area contributed by atoms with E-state index in [0.29, 0.717) is 49.2 Å². The van der Waals surface area contributed by atoms with E-state index >= 15 is 0 Å². The van der Waals surface area contributed by atoms with E-state index < -0.39 is 5.41 Å². The molecule has 0 radical (unpaired) electrons. The molecule has 1 aromatic heterocycles. The van der Waals surface area contributed by atoms with Gasteiger partial charge < -0.3 is 10.6 Å². The number of pyridine rings is 1. The minimum Gasteiger partial charge on any atom is -0.369 e. The normalized spacial score (nSPS) is 16.3. The van der Waals surface area contributed by atoms with Crippen molar-refractivity contribution in [3.63, 3.8) is 0 Å². The Bertz CT molecular complexity index is 829. The van der Waals surface area contributed by atoms with Crippen LogP contribution in [0, 0.1) is 11.2 Å². The van der Waals surface area contributed by atoms with Crippen LogP contribution in [0.25, 0.3) is 0 Å². The van der Waals surface area contributed by atoms with Gasteiger partial charge in [-0.1, -0.05) is 25.1 Å². The SMILES string of the molecule is CC1(C(N)=O)CCN(C(=O)c2ccnc(Cc3ccccc3F)c2)CC1. The molecule has 6 heteroatoms. The van der Waals surface area contributed by atoms with Crippen molar-refractivity contribution < 1.29 is 14.0 Å². The Morgan fingerprint density at radius 1 is 1.23 bits per heavy atom. The van der Waals surface area contributed by atoms with Gasteiger partial charge in [-0.25, -0.2) is 4.39 Å². The van der Waals surface area contributed by atoms with E-state index in [4.69, 9.17) is 5.73 Å². The highest BCUT2D eigenvalue weighted by Crippen LogP contribution is 2.31. The lowest BCUT2D eigenvalue weighted by Crippen LogP contribution is -2.47. The monoisotopic (exact) mass is 355 g/mol. The van der Waals surface area contributed by atoms with E-state index in [-0.39, 0.29) is 17.6 Å². The Morgan fingerprint density at radius 2 is 1.92 bits per heavy atom. The molecule has 1 aromatic carbocycles. The summed E-state index contributed by atoms with van der Waals surface area (Å²) < 4.78 is 13.8. The van der Waals surface area contributed by atoms with Gasteiger partial charge in [-0.05, 0) is 36.6 Å². The number of aromatic nitrogens is 1. The predicted molar refractivity (Wildman–Crippen MR) is 95.9 cm³/mol. The molecule has 26 heavy (non-hydrogen) atoms. The summed E-state index contributed by atoms with van der Waals surface area (Å²) >= 11 is 0. The number of amides is 2. The van der Waals surface area contributed by atoms with Crippen LogP contribution in [0.5, 0.6) is 0 Å². The molecule has 136 valence electrons. The number of hydrogen-bond donors (Lipinski definition) is 1. The number of nitrogens with zero attached hydrogens (tertiary/aromatic N) is 2. The van der Waals surface area contributed by atoms with Crippen molar-refractivity contribution in [1.82, 2.24) is 9.88 Å². The second kappa shape index (κ2) is 7.23. The molecule has 0 unspecified atom stereocenters. The van der Waals surface area contributed by atoms with Gasteiger partial charge >= 0.3 is 0 Å². The number of nitrogens with two attached hydrogens (primary N) is 1. The van der Waals surface area contributed by atoms with Crippen molar-refractivity contribution in [2.75, 3.05) is 13.1 Å². The molecule has 1 saturated heterocycles. The van der Waals surface area contributed by atoms with Gasteiger partial charge in [0.05, 0.1) is 0 Å². The molecule has 0 bridgehead atoms. The quantitative estimate of drug-likeness (QED) is 0.916. The maximum Gasteiger partial charge on any atom is 0.253 e. The molecule has 1 fully saturated rings. The standard InChI is InChI=1S/C20H22FN3O2/c1-20(19(22)26)7-10-24(11-8-20)18(25)15-6-9-23-16(13-15)12-14-4-2-3-5-17(14)21/h2-6,9,13H,7-8,10-12H2,1H3,(H2,22,26). The van der Waals surface area contributed by atoms with Gasteiger partial charge in [-0.2, -0.15) is 0 Å². The Hall–Kier alpha value is -2.76. The van der Waals surface area contributed by atoms with Crippen LogP contribution >= 0.6 is 0 Å². The minimum absolute atomic E-state index is 0.103. The Labute approximate surface area is 152 Å². The van der Waals surface area contributed by atoms with Crippen LogP contribution in [0.4, 0.5) is 4.39 Å². The summed E-state index contributed by atoms with van der Waals surface area (Å²) in [6, 6.07) is 9.90. The summed E-state index contributed by atoms with van der Waals surface area (Å²) in [6.45, 7) is 2.82. The van der Waals surface area contributed by atoms with Gasteiger partial charge in [-0.3, -0.25) is 14.6 Å². The average Bonchev–Trinajstić information content (AvgIpc) is 2.64. The Kier molecular flexibility index (Phi) is 5.02. The molecule has 0 saturated carbocycles. The highest BCUT2D eigenvalue weighted by atomic mass is 19.1. The molecule has 2 heterocycles. The predicted octanol–water partition coefficient (Wildman–Crippen LogP) is 2.54. The van der Waals surface area contributed by atoms with Crippen molar-refractivity contribution in [1.29, 1.82) is 0 Å². The summed E-state index contributed by atoms with van der Waals surface area (Å²) in [6.07, 6.45) is 3.01. The second-order valence-corrected chi connectivity index (χ2v) is 7.02. The van der Waals surface area contributed by atoms with Crippen molar-refractivity contribution in [3.05, 3.63) is 65.2 Å². The maximum atomic E-state index is 13.8. The number of carbonyl (C=O) groups is 2. The summed E-state index contributed by atoms with van der Waals surface area (Å²) in [4.78, 5) is 30.3. The average molecular weight is 355 g/mol. The zero-order valence-electron chi connectivity index (χ0n) is 14.7. The molecule has 3 rings (SSSR count). The molecule has 5 nitrogen and oxygen atoms in total. The first-order chi connectivity index (χ1) is 12.4. The highest BCUT2D eigenvalue weighted by molar-refractivity contribution is 5.94. The van der Waals surface area contributed by atoms with Gasteiger partial charge in [-0.15, -0.1) is 0 Å². The van der Waals surface area contributed by atoms with Gasteiger partial charge in [0.2, 0.25) is 5.91 Å². The first-order valence-electron chi connectivity index (χ1n) is 8.66. The van der Waals surface area contributed by atoms with E-state index in [1.54, 1.807) is 41.4 Å². The maximum absolute atomic E-state index is 13.8. The lowest BCUT2D eigenvalue weighted by Gasteiger charge is -2.37. The number of rotatable bonds is 4. The van der Waals surface area contributed by atoms with Gasteiger partial charge in [0.1, 0.15) is 5.82 Å². The molecule has 1 aliphatic heterocycles. The molecular formula is C20H22FN3O2. The molecular weight excluding hydrogens is 333 g/mol. The summed E-state index contributed by atoms with van der Waals surface area (Å²) in [5.74, 6) is -0.706. The number of piperidine rings is 1. The van der Waals surface area contributed by atoms with Crippen LogP contribution < -0.4 is 5.73 Å². The number of benzene rings is 1. The van der Waals surface area contributed by atoms with Crippen molar-refractivity contribution >= 4 is 11.8 Å². The molecule has 0 aliphatic carbocycles. The fourth-order valence-corrected chi connectivity index (χ4v) is 3.18. The van der Waals surface area contributed by atoms with E-state index in [1.165, 1.54) is 6.07 Å². The van der Waals surface area contributed by atoms with Crippen LogP contribution in [0.3, 0.4) is 0 Å². The van der Waals surface area contributed by atoms with Crippen LogP contribution in [-0.4, -0.2) is 34.8 Å². The third-order valence-electron chi connectivity index (χ3n) is 5.14. The summed E-state index contributed by atoms with van der Waals surface area (Å²) in [5.41, 5.74) is 6.61. The number of hydrogen-bond acceptors (Lipinski definition) is 3. The van der Waals surface area contributed by atoms with Crippen LogP contribution in [0.1, 0.15) is 41.4 Å². The van der Waals surface area contributed by atoms with E-state index in [9.17, 15) is 14.0 Å². The van der Waals surface area contributed by atoms with Crippen molar-refractivity contribution in [3.8, 4) is 0 Å². The molecule has 2 N–H and O–H groups in total. The number of halogens is 1. The van der Waals surface area contributed by atoms with E-state index in [1.807, 2.05) is 6.92 Å². The van der Waals surface area contributed by atoms with Gasteiger partial charge in [0.25, 0.3) is 5.91 Å². The first kappa shape index (κ1) is 18.0. The fraction of sp³-hybridized carbons (Fsp3) is 0.350. The number of carbonyl (C=O) groups excluding carboxylic acids is 2. The van der Waals surface area contributed by atoms with Crippen LogP contribution in [-0.2, 0) is 11.2 Å². The largest absolute Gasteiger partial charge is 0.369 e. The molecule has 0 spiro atoms. The molecule has 0 atom stereocenters. The minimum atomic E-state index is -0.551. The second-order valence-electron chi connectivity index (χ2n) is 7.02. The van der Waals surface area contributed by atoms with Crippen molar-refractivity contribution in [2.24, 2.45) is 11.1 Å². The molecule has 1 aliphatic rings. The van der Waals surface area contributed by atoms with Crippen LogP contribution in [0.15, 0.2) is 42.6 Å². The van der Waals surface area contributed by atoms with Crippen molar-refractivity contribution in [2.45, 2.75) is 26.2 Å². The Morgan fingerprint density at radius 3 is 2.58 bits per heavy atom. The van der Waals surface area contributed by atoms with Gasteiger partial charge in [0, 0.05) is 42.4 Å². The zero-order chi connectivity index (χ0) is 18.7. The third kappa shape index (κ3) is 3.74. The lowest BCUT2D eigenvalue weighted by atomic mass is 9.79. The lowest BCUT2D eigenvalue weighted by molar-refractivity contribution is -0.129. The summed E-state index contributed by atoms with van der Waals surface area (Å²) in [7, 11) is 0. The van der Waals surface area contributed by atoms with Gasteiger partial charge in [0.15, 0.2) is 0 Å². The number of primary amides is 1. The topological polar surface area (TPSA) is 76.3 Å². The van der Waals surface area contributed by atoms with E-state index in [2.05, 4.69) is 4.98 Å². The smallest absolute Gasteiger partial charge is 0.253 e.